The van der Waals surface area contributed by atoms with Gasteiger partial charge in [0.05, 0.1) is 6.54 Å². The third kappa shape index (κ3) is 2.95. The number of amides is 1. The molecule has 2 rings (SSSR count). The summed E-state index contributed by atoms with van der Waals surface area (Å²) in [5.74, 6) is 0.336. The Bertz CT molecular complexity index is 230. The second-order valence-electron chi connectivity index (χ2n) is 4.80. The van der Waals surface area contributed by atoms with Crippen LogP contribution < -0.4 is 0 Å². The largest absolute Gasteiger partial charge is 0.342 e. The zero-order valence-corrected chi connectivity index (χ0v) is 10.3. The molecule has 0 saturated carbocycles. The molecule has 2 fully saturated rings. The molecule has 2 heterocycles. The zero-order valence-electron chi connectivity index (χ0n) is 10.3. The highest BCUT2D eigenvalue weighted by atomic mass is 16.2. The first kappa shape index (κ1) is 11.9. The van der Waals surface area contributed by atoms with Crippen LogP contribution >= 0.6 is 0 Å². The van der Waals surface area contributed by atoms with Crippen molar-refractivity contribution < 1.29 is 4.79 Å². The third-order valence-corrected chi connectivity index (χ3v) is 3.73. The van der Waals surface area contributed by atoms with Crippen molar-refractivity contribution in [2.45, 2.75) is 19.8 Å². The van der Waals surface area contributed by atoms with Gasteiger partial charge in [0.1, 0.15) is 0 Å². The second kappa shape index (κ2) is 5.64. The molecule has 0 aromatic heterocycles. The van der Waals surface area contributed by atoms with E-state index >= 15 is 0 Å². The Kier molecular flexibility index (Phi) is 4.18. The van der Waals surface area contributed by atoms with E-state index in [1.54, 1.807) is 0 Å². The van der Waals surface area contributed by atoms with E-state index in [2.05, 4.69) is 16.7 Å². The summed E-state index contributed by atoms with van der Waals surface area (Å²) in [6.07, 6.45) is 2.38. The van der Waals surface area contributed by atoms with Gasteiger partial charge in [-0.25, -0.2) is 0 Å². The van der Waals surface area contributed by atoms with Crippen molar-refractivity contribution in [1.82, 2.24) is 14.7 Å². The molecule has 0 spiro atoms. The van der Waals surface area contributed by atoms with Crippen LogP contribution in [0, 0.1) is 0 Å². The standard InChI is InChI=1S/C12H23N3O/c1-2-13-7-9-14(10-8-13)11-12(16)15-5-3-4-6-15/h2-11H2,1H3. The van der Waals surface area contributed by atoms with Crippen LogP contribution in [0.3, 0.4) is 0 Å². The van der Waals surface area contributed by atoms with Crippen molar-refractivity contribution in [2.75, 3.05) is 52.4 Å². The van der Waals surface area contributed by atoms with Gasteiger partial charge in [-0.1, -0.05) is 6.92 Å². The Balaban J connectivity index is 1.71. The monoisotopic (exact) mass is 225 g/mol. The first-order chi connectivity index (χ1) is 7.79. The average Bonchev–Trinajstić information content (AvgIpc) is 2.83. The SMILES string of the molecule is CCN1CCN(CC(=O)N2CCCC2)CC1. The van der Waals surface area contributed by atoms with Gasteiger partial charge in [0.2, 0.25) is 5.91 Å². The van der Waals surface area contributed by atoms with Crippen LogP contribution in [0.25, 0.3) is 0 Å². The van der Waals surface area contributed by atoms with E-state index in [1.807, 2.05) is 4.90 Å². The lowest BCUT2D eigenvalue weighted by atomic mass is 10.3. The molecule has 0 aromatic carbocycles. The maximum atomic E-state index is 11.9. The van der Waals surface area contributed by atoms with Crippen molar-refractivity contribution in [2.24, 2.45) is 0 Å². The van der Waals surface area contributed by atoms with E-state index in [-0.39, 0.29) is 0 Å². The number of rotatable bonds is 3. The summed E-state index contributed by atoms with van der Waals surface area (Å²) in [5.41, 5.74) is 0. The summed E-state index contributed by atoms with van der Waals surface area (Å²) < 4.78 is 0. The Hall–Kier alpha value is -0.610. The number of likely N-dealkylation sites (tertiary alicyclic amines) is 1. The lowest BCUT2D eigenvalue weighted by Crippen LogP contribution is -2.49. The first-order valence-electron chi connectivity index (χ1n) is 6.52. The molecule has 92 valence electrons. The van der Waals surface area contributed by atoms with Crippen molar-refractivity contribution in [3.63, 3.8) is 0 Å². The maximum Gasteiger partial charge on any atom is 0.236 e. The number of nitrogens with zero attached hydrogens (tertiary/aromatic N) is 3. The molecule has 16 heavy (non-hydrogen) atoms. The number of hydrogen-bond donors (Lipinski definition) is 0. The highest BCUT2D eigenvalue weighted by Gasteiger charge is 2.22. The molecule has 4 nitrogen and oxygen atoms in total. The Morgan fingerprint density at radius 2 is 1.50 bits per heavy atom. The fraction of sp³-hybridized carbons (Fsp3) is 0.917. The number of carbonyl (C=O) groups is 1. The van der Waals surface area contributed by atoms with Gasteiger partial charge in [-0.3, -0.25) is 9.69 Å². The molecule has 1 amide bonds. The molecule has 0 radical (unpaired) electrons. The number of carbonyl (C=O) groups excluding carboxylic acids is 1. The van der Waals surface area contributed by atoms with Gasteiger partial charge in [-0.15, -0.1) is 0 Å². The minimum Gasteiger partial charge on any atom is -0.342 e. The van der Waals surface area contributed by atoms with Crippen molar-refractivity contribution in [3.8, 4) is 0 Å². The summed E-state index contributed by atoms with van der Waals surface area (Å²) in [6, 6.07) is 0. The van der Waals surface area contributed by atoms with Crippen LogP contribution in [0.2, 0.25) is 0 Å². The topological polar surface area (TPSA) is 26.8 Å². The van der Waals surface area contributed by atoms with Gasteiger partial charge in [-0.05, 0) is 19.4 Å². The molecule has 2 aliphatic heterocycles. The fourth-order valence-electron chi connectivity index (χ4n) is 2.52. The van der Waals surface area contributed by atoms with E-state index in [0.717, 1.165) is 45.8 Å². The highest BCUT2D eigenvalue weighted by molar-refractivity contribution is 5.78. The normalized spacial score (nSPS) is 23.9. The van der Waals surface area contributed by atoms with E-state index in [9.17, 15) is 4.79 Å². The molecule has 2 saturated heterocycles. The van der Waals surface area contributed by atoms with E-state index < -0.39 is 0 Å². The van der Waals surface area contributed by atoms with Crippen molar-refractivity contribution in [3.05, 3.63) is 0 Å². The summed E-state index contributed by atoms with van der Waals surface area (Å²) in [4.78, 5) is 18.7. The van der Waals surface area contributed by atoms with Gasteiger partial charge in [-0.2, -0.15) is 0 Å². The van der Waals surface area contributed by atoms with E-state index in [1.165, 1.54) is 12.8 Å². The maximum absolute atomic E-state index is 11.9. The molecule has 0 aliphatic carbocycles. The Morgan fingerprint density at radius 3 is 2.06 bits per heavy atom. The molecule has 0 aromatic rings. The molecule has 0 unspecified atom stereocenters. The van der Waals surface area contributed by atoms with Crippen LogP contribution in [0.15, 0.2) is 0 Å². The third-order valence-electron chi connectivity index (χ3n) is 3.73. The van der Waals surface area contributed by atoms with Gasteiger partial charge >= 0.3 is 0 Å². The first-order valence-corrected chi connectivity index (χ1v) is 6.52. The molecule has 0 atom stereocenters. The Morgan fingerprint density at radius 1 is 0.938 bits per heavy atom. The van der Waals surface area contributed by atoms with Crippen LogP contribution in [0.4, 0.5) is 0 Å². The molecule has 0 N–H and O–H groups in total. The quantitative estimate of drug-likeness (QED) is 0.689. The van der Waals surface area contributed by atoms with Crippen LogP contribution in [-0.4, -0.2) is 73.0 Å². The molecule has 2 aliphatic rings. The van der Waals surface area contributed by atoms with Crippen LogP contribution in [0.5, 0.6) is 0 Å². The zero-order chi connectivity index (χ0) is 11.4. The number of piperazine rings is 1. The molecule has 0 bridgehead atoms. The van der Waals surface area contributed by atoms with Crippen LogP contribution in [0.1, 0.15) is 19.8 Å². The van der Waals surface area contributed by atoms with E-state index in [0.29, 0.717) is 12.5 Å². The molecule has 4 heteroatoms. The van der Waals surface area contributed by atoms with Crippen LogP contribution in [-0.2, 0) is 4.79 Å². The molecular weight excluding hydrogens is 202 g/mol. The van der Waals surface area contributed by atoms with Crippen molar-refractivity contribution >= 4 is 5.91 Å². The average molecular weight is 225 g/mol. The minimum absolute atomic E-state index is 0.336. The second-order valence-corrected chi connectivity index (χ2v) is 4.80. The Labute approximate surface area is 98.2 Å². The summed E-state index contributed by atoms with van der Waals surface area (Å²) in [7, 11) is 0. The lowest BCUT2D eigenvalue weighted by Gasteiger charge is -2.34. The number of hydrogen-bond acceptors (Lipinski definition) is 3. The van der Waals surface area contributed by atoms with Crippen molar-refractivity contribution in [1.29, 1.82) is 0 Å². The lowest BCUT2D eigenvalue weighted by molar-refractivity contribution is -0.131. The van der Waals surface area contributed by atoms with E-state index in [4.69, 9.17) is 0 Å². The molecular formula is C12H23N3O. The van der Waals surface area contributed by atoms with Gasteiger partial charge in [0.25, 0.3) is 0 Å². The predicted molar refractivity (Wildman–Crippen MR) is 64.4 cm³/mol. The smallest absolute Gasteiger partial charge is 0.236 e. The predicted octanol–water partition coefficient (Wildman–Crippen LogP) is 0.246. The summed E-state index contributed by atoms with van der Waals surface area (Å²) in [5, 5.41) is 0. The van der Waals surface area contributed by atoms with Gasteiger partial charge in [0, 0.05) is 39.3 Å². The minimum atomic E-state index is 0.336. The highest BCUT2D eigenvalue weighted by Crippen LogP contribution is 2.09. The van der Waals surface area contributed by atoms with Gasteiger partial charge in [0.15, 0.2) is 0 Å². The summed E-state index contributed by atoms with van der Waals surface area (Å²) in [6.45, 7) is 10.3. The fourth-order valence-corrected chi connectivity index (χ4v) is 2.52. The summed E-state index contributed by atoms with van der Waals surface area (Å²) >= 11 is 0. The van der Waals surface area contributed by atoms with Gasteiger partial charge < -0.3 is 9.80 Å². The number of likely N-dealkylation sites (N-methyl/N-ethyl adjacent to an activating group) is 1.